The first-order chi connectivity index (χ1) is 27.6. The molecule has 0 spiro atoms. The van der Waals surface area contributed by atoms with Gasteiger partial charge in [0.15, 0.2) is 0 Å². The zero-order valence-electron chi connectivity index (χ0n) is 29.8. The second kappa shape index (κ2) is 13.0. The number of rotatable bonds is 5. The minimum atomic E-state index is 0.567. The van der Waals surface area contributed by atoms with Crippen molar-refractivity contribution in [3.05, 3.63) is 187 Å². The van der Waals surface area contributed by atoms with Crippen LogP contribution in [0.15, 0.2) is 170 Å². The van der Waals surface area contributed by atoms with Crippen LogP contribution in [-0.4, -0.2) is 14.1 Å². The number of para-hydroxylation sites is 2. The maximum Gasteiger partial charge on any atom is 0.138 e. The van der Waals surface area contributed by atoms with Crippen LogP contribution in [0.3, 0.4) is 0 Å². The van der Waals surface area contributed by atoms with Gasteiger partial charge in [0, 0.05) is 32.7 Å². The van der Waals surface area contributed by atoms with Gasteiger partial charge >= 0.3 is 0 Å². The highest BCUT2D eigenvalue weighted by molar-refractivity contribution is 6.12. The van der Waals surface area contributed by atoms with Crippen LogP contribution in [0.1, 0.15) is 16.7 Å². The third-order valence-corrected chi connectivity index (χ3v) is 10.7. The van der Waals surface area contributed by atoms with E-state index in [1.165, 1.54) is 0 Å². The molecule has 56 heavy (non-hydrogen) atoms. The Morgan fingerprint density at radius 2 is 0.911 bits per heavy atom. The molecule has 0 amide bonds. The molecular formula is C50H28N6. The highest BCUT2D eigenvalue weighted by Crippen LogP contribution is 2.41. The van der Waals surface area contributed by atoms with Gasteiger partial charge in [0.1, 0.15) is 5.82 Å². The quantitative estimate of drug-likeness (QED) is 0.177. The predicted octanol–water partition coefficient (Wildman–Crippen LogP) is 11.9. The molecule has 0 unspecified atom stereocenters. The number of pyridine rings is 1. The SMILES string of the molecule is N#Cc1cccc(-c2ccc3c(c2)c2ccccc2n3-c2cc(-c3ccccc3C#N)c(-n3c4ccccc4c4cc(-c5cccc(C#N)c5)ccc43)cn2)c1. The van der Waals surface area contributed by atoms with Crippen molar-refractivity contribution in [2.75, 3.05) is 0 Å². The van der Waals surface area contributed by atoms with E-state index in [-0.39, 0.29) is 0 Å². The van der Waals surface area contributed by atoms with Crippen molar-refractivity contribution in [3.63, 3.8) is 0 Å². The lowest BCUT2D eigenvalue weighted by molar-refractivity contribution is 1.06. The highest BCUT2D eigenvalue weighted by Gasteiger charge is 2.21. The third kappa shape index (κ3) is 5.12. The number of fused-ring (bicyclic) bond motifs is 6. The molecule has 0 saturated carbocycles. The molecule has 0 aliphatic carbocycles. The molecule has 3 heterocycles. The summed E-state index contributed by atoms with van der Waals surface area (Å²) in [4.78, 5) is 5.21. The molecule has 0 aliphatic rings. The number of benzene rings is 7. The van der Waals surface area contributed by atoms with Gasteiger partial charge in [-0.25, -0.2) is 4.98 Å². The molecule has 10 aromatic rings. The lowest BCUT2D eigenvalue weighted by atomic mass is 9.99. The van der Waals surface area contributed by atoms with E-state index in [1.54, 1.807) is 0 Å². The van der Waals surface area contributed by atoms with Gasteiger partial charge in [-0.2, -0.15) is 15.8 Å². The van der Waals surface area contributed by atoms with Crippen LogP contribution >= 0.6 is 0 Å². The maximum absolute atomic E-state index is 10.4. The summed E-state index contributed by atoms with van der Waals surface area (Å²) in [6.07, 6.45) is 1.93. The van der Waals surface area contributed by atoms with Gasteiger partial charge in [-0.15, -0.1) is 0 Å². The van der Waals surface area contributed by atoms with Crippen molar-refractivity contribution in [2.45, 2.75) is 0 Å². The molecule has 10 rings (SSSR count). The summed E-state index contributed by atoms with van der Waals surface area (Å²) in [7, 11) is 0. The first-order valence-electron chi connectivity index (χ1n) is 18.2. The normalized spacial score (nSPS) is 11.2. The summed E-state index contributed by atoms with van der Waals surface area (Å²) < 4.78 is 4.43. The molecule has 6 nitrogen and oxygen atoms in total. The van der Waals surface area contributed by atoms with E-state index >= 15 is 0 Å². The van der Waals surface area contributed by atoms with Crippen LogP contribution in [-0.2, 0) is 0 Å². The average Bonchev–Trinajstić information content (AvgIpc) is 3.78. The van der Waals surface area contributed by atoms with Gasteiger partial charge in [0.2, 0.25) is 0 Å². The molecule has 0 atom stereocenters. The third-order valence-electron chi connectivity index (χ3n) is 10.7. The van der Waals surface area contributed by atoms with E-state index in [2.05, 4.69) is 100 Å². The van der Waals surface area contributed by atoms with E-state index < -0.39 is 0 Å². The van der Waals surface area contributed by atoms with E-state index in [0.29, 0.717) is 16.7 Å². The fourth-order valence-electron chi connectivity index (χ4n) is 8.12. The second-order valence-electron chi connectivity index (χ2n) is 13.8. The summed E-state index contributed by atoms with van der Waals surface area (Å²) in [5, 5.41) is 33.8. The minimum absolute atomic E-state index is 0.567. The average molecular weight is 713 g/mol. The lowest BCUT2D eigenvalue weighted by Crippen LogP contribution is -2.04. The Morgan fingerprint density at radius 3 is 1.52 bits per heavy atom. The molecule has 7 aromatic carbocycles. The summed E-state index contributed by atoms with van der Waals surface area (Å²) in [6.45, 7) is 0. The number of hydrogen-bond donors (Lipinski definition) is 0. The van der Waals surface area contributed by atoms with Gasteiger partial charge in [0.25, 0.3) is 0 Å². The Kier molecular flexibility index (Phi) is 7.53. The summed E-state index contributed by atoms with van der Waals surface area (Å²) in [6, 6.07) is 61.7. The molecular weight excluding hydrogens is 685 g/mol. The van der Waals surface area contributed by atoms with Crippen LogP contribution in [0.4, 0.5) is 0 Å². The Balaban J connectivity index is 1.22. The molecule has 6 heteroatoms. The van der Waals surface area contributed by atoms with Crippen LogP contribution in [0, 0.1) is 34.0 Å². The zero-order valence-corrected chi connectivity index (χ0v) is 29.8. The van der Waals surface area contributed by atoms with Gasteiger partial charge in [-0.3, -0.25) is 4.57 Å². The Morgan fingerprint density at radius 1 is 0.393 bits per heavy atom. The van der Waals surface area contributed by atoms with E-state index in [4.69, 9.17) is 4.98 Å². The van der Waals surface area contributed by atoms with Crippen molar-refractivity contribution >= 4 is 43.6 Å². The van der Waals surface area contributed by atoms with Gasteiger partial charge in [-0.1, -0.05) is 91.0 Å². The van der Waals surface area contributed by atoms with Crippen LogP contribution in [0.25, 0.3) is 88.5 Å². The monoisotopic (exact) mass is 712 g/mol. The first kappa shape index (κ1) is 32.4. The number of nitriles is 3. The first-order valence-corrected chi connectivity index (χ1v) is 18.2. The fourth-order valence-corrected chi connectivity index (χ4v) is 8.12. The molecule has 0 aliphatic heterocycles. The molecule has 0 fully saturated rings. The van der Waals surface area contributed by atoms with Crippen LogP contribution in [0.5, 0.6) is 0 Å². The van der Waals surface area contributed by atoms with Crippen molar-refractivity contribution in [1.29, 1.82) is 15.8 Å². The van der Waals surface area contributed by atoms with E-state index in [1.807, 2.05) is 97.2 Å². The van der Waals surface area contributed by atoms with Crippen LogP contribution in [0.2, 0.25) is 0 Å². The van der Waals surface area contributed by atoms with Crippen molar-refractivity contribution in [3.8, 4) is 63.1 Å². The molecule has 0 bridgehead atoms. The number of hydrogen-bond acceptors (Lipinski definition) is 4. The zero-order chi connectivity index (χ0) is 37.8. The molecule has 0 saturated heterocycles. The van der Waals surface area contributed by atoms with Gasteiger partial charge < -0.3 is 4.57 Å². The van der Waals surface area contributed by atoms with Crippen molar-refractivity contribution in [2.24, 2.45) is 0 Å². The Bertz CT molecular complexity index is 3360. The van der Waals surface area contributed by atoms with E-state index in [0.717, 1.165) is 88.5 Å². The Labute approximate surface area is 322 Å². The smallest absolute Gasteiger partial charge is 0.138 e. The predicted molar refractivity (Wildman–Crippen MR) is 223 cm³/mol. The standard InChI is InChI=1S/C50H28N6/c51-28-32-9-7-12-34(23-32)36-19-21-47-42(25-36)40-15-3-5-17-45(40)55(47)49-31-54-50(27-44(49)39-14-2-1-11-38(39)30-53)56-46-18-6-4-16-41(46)43-26-37(20-22-48(43)56)35-13-8-10-33(24-35)29-52/h1-27,31H. The molecule has 3 aromatic heterocycles. The minimum Gasteiger partial charge on any atom is -0.307 e. The molecule has 0 N–H and O–H groups in total. The van der Waals surface area contributed by atoms with Crippen molar-refractivity contribution < 1.29 is 0 Å². The van der Waals surface area contributed by atoms with Crippen molar-refractivity contribution in [1.82, 2.24) is 14.1 Å². The number of aromatic nitrogens is 3. The lowest BCUT2D eigenvalue weighted by Gasteiger charge is -2.17. The van der Waals surface area contributed by atoms with Crippen LogP contribution < -0.4 is 0 Å². The van der Waals surface area contributed by atoms with E-state index in [9.17, 15) is 15.8 Å². The summed E-state index contributed by atoms with van der Waals surface area (Å²) in [5.41, 5.74) is 12.4. The second-order valence-corrected chi connectivity index (χ2v) is 13.8. The summed E-state index contributed by atoms with van der Waals surface area (Å²) in [5.74, 6) is 0.724. The van der Waals surface area contributed by atoms with Gasteiger partial charge in [0.05, 0.1) is 68.8 Å². The highest BCUT2D eigenvalue weighted by atomic mass is 15.1. The fraction of sp³-hybridized carbons (Fsp3) is 0. The summed E-state index contributed by atoms with van der Waals surface area (Å²) >= 11 is 0. The molecule has 0 radical (unpaired) electrons. The topological polar surface area (TPSA) is 94.1 Å². The Hall–Kier alpha value is -8.24. The van der Waals surface area contributed by atoms with Gasteiger partial charge in [-0.05, 0) is 95.1 Å². The maximum atomic E-state index is 10.4. The molecule has 258 valence electrons. The largest absolute Gasteiger partial charge is 0.307 e. The number of nitrogens with zero attached hydrogens (tertiary/aromatic N) is 6.